The molecule has 0 aromatic heterocycles. The van der Waals surface area contributed by atoms with Gasteiger partial charge < -0.3 is 10.1 Å². The largest absolute Gasteiger partial charge is 0.423 e. The summed E-state index contributed by atoms with van der Waals surface area (Å²) in [6, 6.07) is 12.2. The number of esters is 1. The number of amidine groups is 1. The van der Waals surface area contributed by atoms with Crippen LogP contribution in [-0.4, -0.2) is 18.3 Å². The van der Waals surface area contributed by atoms with E-state index >= 15 is 0 Å². The molecule has 24 heavy (non-hydrogen) atoms. The fraction of sp³-hybridized carbons (Fsp3) is 0.222. The zero-order chi connectivity index (χ0) is 16.2. The van der Waals surface area contributed by atoms with Gasteiger partial charge in [-0.05, 0) is 49.7 Å². The summed E-state index contributed by atoms with van der Waals surface area (Å²) in [5, 5.41) is 3.90. The van der Waals surface area contributed by atoms with Crippen LogP contribution in [0, 0.1) is 6.92 Å². The molecule has 0 atom stereocenters. The fourth-order valence-corrected chi connectivity index (χ4v) is 2.53. The number of ether oxygens (including phenoxy) is 1. The summed E-state index contributed by atoms with van der Waals surface area (Å²) in [4.78, 5) is 16.6. The van der Waals surface area contributed by atoms with Crippen LogP contribution in [0.15, 0.2) is 47.5 Å². The quantitative estimate of drug-likeness (QED) is 0.622. The topological polar surface area (TPSA) is 50.7 Å². The van der Waals surface area contributed by atoms with Crippen LogP contribution in [0.25, 0.3) is 0 Å². The first-order chi connectivity index (χ1) is 11.1. The summed E-state index contributed by atoms with van der Waals surface area (Å²) < 4.78 is 5.51. The standard InChI is InChI=1S/C18H17ClN2O2.ClH/c1-12-15(21-17-6-3-11-20-17)4-2-5-16(12)23-18(22)13-7-9-14(19)10-8-13;/h2,4-5,7-10H,3,6,11H2,1H3,(H,20,21);1H. The van der Waals surface area contributed by atoms with E-state index in [1.165, 1.54) is 0 Å². The maximum Gasteiger partial charge on any atom is 0.343 e. The molecule has 0 spiro atoms. The normalized spacial score (nSPS) is 13.0. The van der Waals surface area contributed by atoms with E-state index in [4.69, 9.17) is 16.3 Å². The van der Waals surface area contributed by atoms with Crippen molar-refractivity contribution in [2.24, 2.45) is 4.99 Å². The van der Waals surface area contributed by atoms with Crippen LogP contribution in [-0.2, 0) is 0 Å². The first kappa shape index (κ1) is 18.3. The second-order valence-corrected chi connectivity index (χ2v) is 5.82. The van der Waals surface area contributed by atoms with Gasteiger partial charge in [-0.3, -0.25) is 4.99 Å². The monoisotopic (exact) mass is 364 g/mol. The number of benzene rings is 2. The third kappa shape index (κ3) is 4.28. The molecule has 0 unspecified atom stereocenters. The van der Waals surface area contributed by atoms with Crippen molar-refractivity contribution in [3.63, 3.8) is 0 Å². The highest BCUT2D eigenvalue weighted by Gasteiger charge is 2.13. The van der Waals surface area contributed by atoms with Crippen LogP contribution < -0.4 is 10.1 Å². The van der Waals surface area contributed by atoms with Crippen LogP contribution >= 0.6 is 24.0 Å². The van der Waals surface area contributed by atoms with Gasteiger partial charge in [0.05, 0.1) is 5.56 Å². The minimum absolute atomic E-state index is 0. The third-order valence-corrected chi connectivity index (χ3v) is 3.97. The fourth-order valence-electron chi connectivity index (χ4n) is 2.40. The molecule has 1 N–H and O–H groups in total. The van der Waals surface area contributed by atoms with Crippen LogP contribution in [0.3, 0.4) is 0 Å². The van der Waals surface area contributed by atoms with E-state index in [0.717, 1.165) is 36.5 Å². The molecule has 1 heterocycles. The van der Waals surface area contributed by atoms with Gasteiger partial charge in [-0.25, -0.2) is 4.79 Å². The first-order valence-electron chi connectivity index (χ1n) is 7.51. The minimum atomic E-state index is -0.403. The van der Waals surface area contributed by atoms with Gasteiger partial charge in [0.15, 0.2) is 0 Å². The molecule has 1 aliphatic heterocycles. The van der Waals surface area contributed by atoms with E-state index in [-0.39, 0.29) is 12.4 Å². The van der Waals surface area contributed by atoms with Crippen molar-refractivity contribution in [3.05, 3.63) is 58.6 Å². The predicted molar refractivity (Wildman–Crippen MR) is 100.0 cm³/mol. The molecule has 0 fully saturated rings. The Hall–Kier alpha value is -2.04. The summed E-state index contributed by atoms with van der Waals surface area (Å²) in [6.07, 6.45) is 2.03. The van der Waals surface area contributed by atoms with Crippen molar-refractivity contribution >= 4 is 41.5 Å². The molecule has 0 saturated heterocycles. The summed E-state index contributed by atoms with van der Waals surface area (Å²) in [7, 11) is 0. The SMILES string of the molecule is Cc1c(NC2=NCCC2)cccc1OC(=O)c1ccc(Cl)cc1.Cl. The molecule has 0 radical (unpaired) electrons. The van der Waals surface area contributed by atoms with Gasteiger partial charge in [0, 0.05) is 29.2 Å². The highest BCUT2D eigenvalue weighted by Crippen LogP contribution is 2.27. The lowest BCUT2D eigenvalue weighted by atomic mass is 10.1. The Labute approximate surface area is 152 Å². The van der Waals surface area contributed by atoms with Crippen molar-refractivity contribution in [2.75, 3.05) is 11.9 Å². The first-order valence-corrected chi connectivity index (χ1v) is 7.89. The number of hydrogen-bond donors (Lipinski definition) is 1. The molecule has 1 aliphatic rings. The molecule has 6 heteroatoms. The summed E-state index contributed by atoms with van der Waals surface area (Å²) in [5.74, 6) is 1.11. The van der Waals surface area contributed by atoms with Gasteiger partial charge in [-0.1, -0.05) is 17.7 Å². The molecule has 0 aliphatic carbocycles. The number of anilines is 1. The van der Waals surface area contributed by atoms with E-state index in [0.29, 0.717) is 16.3 Å². The van der Waals surface area contributed by atoms with E-state index in [1.54, 1.807) is 30.3 Å². The van der Waals surface area contributed by atoms with Crippen molar-refractivity contribution in [2.45, 2.75) is 19.8 Å². The number of hydrogen-bond acceptors (Lipinski definition) is 4. The van der Waals surface area contributed by atoms with E-state index < -0.39 is 5.97 Å². The average molecular weight is 365 g/mol. The maximum atomic E-state index is 12.2. The Morgan fingerprint density at radius 3 is 2.62 bits per heavy atom. The summed E-state index contributed by atoms with van der Waals surface area (Å²) in [5.41, 5.74) is 2.25. The van der Waals surface area contributed by atoms with Crippen molar-refractivity contribution in [3.8, 4) is 5.75 Å². The molecule has 2 aromatic carbocycles. The maximum absolute atomic E-state index is 12.2. The highest BCUT2D eigenvalue weighted by molar-refractivity contribution is 6.30. The number of nitrogens with zero attached hydrogens (tertiary/aromatic N) is 1. The lowest BCUT2D eigenvalue weighted by molar-refractivity contribution is 0.0733. The number of carbonyl (C=O) groups is 1. The van der Waals surface area contributed by atoms with Crippen molar-refractivity contribution < 1.29 is 9.53 Å². The number of aliphatic imine (C=N–C) groups is 1. The molecule has 126 valence electrons. The predicted octanol–water partition coefficient (Wildman–Crippen LogP) is 4.89. The summed E-state index contributed by atoms with van der Waals surface area (Å²) >= 11 is 5.83. The molecule has 0 saturated carbocycles. The molecule has 4 nitrogen and oxygen atoms in total. The Bertz CT molecular complexity index is 758. The highest BCUT2D eigenvalue weighted by atomic mass is 35.5. The third-order valence-electron chi connectivity index (χ3n) is 3.72. The zero-order valence-electron chi connectivity index (χ0n) is 13.2. The average Bonchev–Trinajstić information content (AvgIpc) is 3.05. The van der Waals surface area contributed by atoms with Crippen molar-refractivity contribution in [1.82, 2.24) is 0 Å². The van der Waals surface area contributed by atoms with Crippen molar-refractivity contribution in [1.29, 1.82) is 0 Å². The number of nitrogens with one attached hydrogen (secondary N) is 1. The van der Waals surface area contributed by atoms with Crippen LogP contribution in [0.1, 0.15) is 28.8 Å². The Balaban J connectivity index is 0.00000208. The lowest BCUT2D eigenvalue weighted by Gasteiger charge is -2.13. The molecule has 0 bridgehead atoms. The van der Waals surface area contributed by atoms with Gasteiger partial charge in [0.2, 0.25) is 0 Å². The molecule has 2 aromatic rings. The van der Waals surface area contributed by atoms with Crippen LogP contribution in [0.4, 0.5) is 5.69 Å². The van der Waals surface area contributed by atoms with Gasteiger partial charge in [-0.2, -0.15) is 0 Å². The van der Waals surface area contributed by atoms with Crippen LogP contribution in [0.5, 0.6) is 5.75 Å². The van der Waals surface area contributed by atoms with Crippen LogP contribution in [0.2, 0.25) is 5.02 Å². The molecule has 3 rings (SSSR count). The van der Waals surface area contributed by atoms with E-state index in [9.17, 15) is 4.79 Å². The molecular formula is C18H18Cl2N2O2. The minimum Gasteiger partial charge on any atom is -0.423 e. The van der Waals surface area contributed by atoms with E-state index in [2.05, 4.69) is 10.3 Å². The molecular weight excluding hydrogens is 347 g/mol. The molecule has 0 amide bonds. The van der Waals surface area contributed by atoms with Gasteiger partial charge in [0.1, 0.15) is 11.6 Å². The van der Waals surface area contributed by atoms with Gasteiger partial charge in [-0.15, -0.1) is 12.4 Å². The summed E-state index contributed by atoms with van der Waals surface area (Å²) in [6.45, 7) is 2.79. The zero-order valence-corrected chi connectivity index (χ0v) is 14.8. The lowest BCUT2D eigenvalue weighted by Crippen LogP contribution is -2.12. The Kier molecular flexibility index (Phi) is 6.23. The second-order valence-electron chi connectivity index (χ2n) is 5.38. The van der Waals surface area contributed by atoms with E-state index in [1.807, 2.05) is 19.1 Å². The number of halogens is 2. The second kappa shape index (κ2) is 8.18. The smallest absolute Gasteiger partial charge is 0.343 e. The van der Waals surface area contributed by atoms with Gasteiger partial charge in [0.25, 0.3) is 0 Å². The number of carbonyl (C=O) groups excluding carboxylic acids is 1. The Morgan fingerprint density at radius 1 is 1.21 bits per heavy atom. The van der Waals surface area contributed by atoms with Gasteiger partial charge >= 0.3 is 5.97 Å². The Morgan fingerprint density at radius 2 is 1.96 bits per heavy atom. The number of rotatable bonds is 3.